The number of nitrogens with one attached hydrogen (secondary N) is 2. The highest BCUT2D eigenvalue weighted by Gasteiger charge is 2.22. The predicted molar refractivity (Wildman–Crippen MR) is 67.4 cm³/mol. The minimum Gasteiger partial charge on any atom is -0.364 e. The van der Waals surface area contributed by atoms with Gasteiger partial charge in [-0.2, -0.15) is 0 Å². The number of H-pyrrole nitrogens is 1. The van der Waals surface area contributed by atoms with Crippen LogP contribution in [0, 0.1) is 0 Å². The normalized spacial score (nSPS) is 19.6. The third-order valence-electron chi connectivity index (χ3n) is 3.12. The molecular formula is C13H21N3. The summed E-state index contributed by atoms with van der Waals surface area (Å²) in [6, 6.07) is 4.72. The lowest BCUT2D eigenvalue weighted by atomic mass is 10.0. The molecule has 1 fully saturated rings. The summed E-state index contributed by atoms with van der Waals surface area (Å²) in [4.78, 5) is 5.88. The van der Waals surface area contributed by atoms with Crippen LogP contribution in [-0.2, 0) is 0 Å². The van der Waals surface area contributed by atoms with Crippen molar-refractivity contribution >= 4 is 0 Å². The van der Waals surface area contributed by atoms with Crippen LogP contribution in [0.1, 0.15) is 25.1 Å². The predicted octanol–water partition coefficient (Wildman–Crippen LogP) is 1.93. The molecule has 0 aliphatic carbocycles. The first-order valence-corrected chi connectivity index (χ1v) is 6.00. The van der Waals surface area contributed by atoms with Crippen LogP contribution in [0.15, 0.2) is 30.5 Å². The van der Waals surface area contributed by atoms with Crippen LogP contribution in [0.25, 0.3) is 0 Å². The first-order valence-electron chi connectivity index (χ1n) is 6.00. The highest BCUT2D eigenvalue weighted by Crippen LogP contribution is 2.25. The van der Waals surface area contributed by atoms with E-state index in [0.29, 0.717) is 6.04 Å². The van der Waals surface area contributed by atoms with Gasteiger partial charge in [-0.3, -0.25) is 4.90 Å². The monoisotopic (exact) mass is 219 g/mol. The van der Waals surface area contributed by atoms with Crippen LogP contribution in [-0.4, -0.2) is 36.1 Å². The quantitative estimate of drug-likeness (QED) is 0.758. The van der Waals surface area contributed by atoms with Crippen molar-refractivity contribution in [3.8, 4) is 0 Å². The molecule has 1 aromatic heterocycles. The Balaban J connectivity index is 2.10. The molecule has 2 heterocycles. The van der Waals surface area contributed by atoms with Crippen LogP contribution >= 0.6 is 0 Å². The van der Waals surface area contributed by atoms with E-state index in [2.05, 4.69) is 40.8 Å². The van der Waals surface area contributed by atoms with E-state index in [-0.39, 0.29) is 0 Å². The number of hydrogen-bond donors (Lipinski definition) is 2. The van der Waals surface area contributed by atoms with E-state index in [1.54, 1.807) is 0 Å². The molecule has 3 heteroatoms. The van der Waals surface area contributed by atoms with Crippen molar-refractivity contribution in [3.05, 3.63) is 36.2 Å². The number of hydrogen-bond acceptors (Lipinski definition) is 2. The van der Waals surface area contributed by atoms with Crippen molar-refractivity contribution in [2.45, 2.75) is 19.4 Å². The molecule has 0 amide bonds. The third kappa shape index (κ3) is 2.74. The fraction of sp³-hybridized carbons (Fsp3) is 0.538. The van der Waals surface area contributed by atoms with Gasteiger partial charge in [-0.1, -0.05) is 5.57 Å². The van der Waals surface area contributed by atoms with Gasteiger partial charge in [-0.15, -0.1) is 6.58 Å². The van der Waals surface area contributed by atoms with Gasteiger partial charge in [0.1, 0.15) is 0 Å². The van der Waals surface area contributed by atoms with Gasteiger partial charge < -0.3 is 10.3 Å². The molecule has 0 saturated carbocycles. The molecule has 0 bridgehead atoms. The van der Waals surface area contributed by atoms with Crippen molar-refractivity contribution in [3.63, 3.8) is 0 Å². The molecule has 0 unspecified atom stereocenters. The van der Waals surface area contributed by atoms with Gasteiger partial charge >= 0.3 is 0 Å². The average Bonchev–Trinajstić information content (AvgIpc) is 2.80. The van der Waals surface area contributed by atoms with E-state index in [1.165, 1.54) is 11.3 Å². The largest absolute Gasteiger partial charge is 0.364 e. The second-order valence-electron chi connectivity index (χ2n) is 4.59. The molecule has 1 atom stereocenters. The molecule has 0 radical (unpaired) electrons. The summed E-state index contributed by atoms with van der Waals surface area (Å²) >= 11 is 0. The number of aromatic amines is 1. The fourth-order valence-corrected chi connectivity index (χ4v) is 2.31. The Hall–Kier alpha value is -1.06. The van der Waals surface area contributed by atoms with Crippen molar-refractivity contribution in [1.29, 1.82) is 0 Å². The van der Waals surface area contributed by atoms with Crippen LogP contribution in [0.4, 0.5) is 0 Å². The Morgan fingerprint density at radius 2 is 2.25 bits per heavy atom. The van der Waals surface area contributed by atoms with Gasteiger partial charge in [0.15, 0.2) is 0 Å². The average molecular weight is 219 g/mol. The number of rotatable bonds is 4. The number of piperazine rings is 1. The lowest BCUT2D eigenvalue weighted by molar-refractivity contribution is 0.170. The molecule has 1 aliphatic rings. The van der Waals surface area contributed by atoms with Gasteiger partial charge in [0, 0.05) is 38.1 Å². The molecular weight excluding hydrogens is 198 g/mol. The van der Waals surface area contributed by atoms with Gasteiger partial charge in [-0.05, 0) is 25.5 Å². The molecule has 1 saturated heterocycles. The Morgan fingerprint density at radius 3 is 2.81 bits per heavy atom. The van der Waals surface area contributed by atoms with E-state index in [4.69, 9.17) is 0 Å². The van der Waals surface area contributed by atoms with Crippen molar-refractivity contribution < 1.29 is 0 Å². The van der Waals surface area contributed by atoms with Gasteiger partial charge in [0.05, 0.1) is 6.04 Å². The van der Waals surface area contributed by atoms with Crippen molar-refractivity contribution in [2.75, 3.05) is 26.2 Å². The van der Waals surface area contributed by atoms with E-state index in [0.717, 1.165) is 32.6 Å². The summed E-state index contributed by atoms with van der Waals surface area (Å²) < 4.78 is 0. The zero-order valence-electron chi connectivity index (χ0n) is 10.00. The van der Waals surface area contributed by atoms with Crippen LogP contribution in [0.3, 0.4) is 0 Å². The van der Waals surface area contributed by atoms with Crippen molar-refractivity contribution in [2.24, 2.45) is 0 Å². The summed E-state index contributed by atoms with van der Waals surface area (Å²) in [6.07, 6.45) is 3.05. The maximum absolute atomic E-state index is 4.04. The zero-order chi connectivity index (χ0) is 11.4. The SMILES string of the molecule is C=C(C)C[C@@H](c1ccc[nH]1)N1CCNCC1. The Labute approximate surface area is 97.5 Å². The Bertz CT molecular complexity index is 323. The summed E-state index contributed by atoms with van der Waals surface area (Å²) in [5.74, 6) is 0. The Morgan fingerprint density at radius 1 is 1.50 bits per heavy atom. The minimum atomic E-state index is 0.467. The molecule has 2 N–H and O–H groups in total. The first kappa shape index (κ1) is 11.4. The number of nitrogens with zero attached hydrogens (tertiary/aromatic N) is 1. The summed E-state index contributed by atoms with van der Waals surface area (Å²) in [6.45, 7) is 10.6. The molecule has 1 aliphatic heterocycles. The zero-order valence-corrected chi connectivity index (χ0v) is 10.00. The highest BCUT2D eigenvalue weighted by molar-refractivity contribution is 5.13. The summed E-state index contributed by atoms with van der Waals surface area (Å²) in [5, 5.41) is 3.39. The summed E-state index contributed by atoms with van der Waals surface area (Å²) in [5.41, 5.74) is 2.56. The fourth-order valence-electron chi connectivity index (χ4n) is 2.31. The summed E-state index contributed by atoms with van der Waals surface area (Å²) in [7, 11) is 0. The van der Waals surface area contributed by atoms with Gasteiger partial charge in [-0.25, -0.2) is 0 Å². The topological polar surface area (TPSA) is 31.1 Å². The van der Waals surface area contributed by atoms with E-state index < -0.39 is 0 Å². The smallest absolute Gasteiger partial charge is 0.0536 e. The number of aromatic nitrogens is 1. The van der Waals surface area contributed by atoms with E-state index >= 15 is 0 Å². The van der Waals surface area contributed by atoms with Gasteiger partial charge in [0.25, 0.3) is 0 Å². The first-order chi connectivity index (χ1) is 7.77. The second kappa shape index (κ2) is 5.32. The maximum atomic E-state index is 4.04. The third-order valence-corrected chi connectivity index (χ3v) is 3.12. The molecule has 3 nitrogen and oxygen atoms in total. The second-order valence-corrected chi connectivity index (χ2v) is 4.59. The minimum absolute atomic E-state index is 0.467. The van der Waals surface area contributed by atoms with E-state index in [9.17, 15) is 0 Å². The van der Waals surface area contributed by atoms with Crippen LogP contribution in [0.5, 0.6) is 0 Å². The lowest BCUT2D eigenvalue weighted by Gasteiger charge is -2.34. The Kier molecular flexibility index (Phi) is 3.80. The highest BCUT2D eigenvalue weighted by atomic mass is 15.2. The molecule has 16 heavy (non-hydrogen) atoms. The lowest BCUT2D eigenvalue weighted by Crippen LogP contribution is -2.45. The van der Waals surface area contributed by atoms with Crippen molar-refractivity contribution in [1.82, 2.24) is 15.2 Å². The molecule has 88 valence electrons. The van der Waals surface area contributed by atoms with E-state index in [1.807, 2.05) is 6.20 Å². The van der Waals surface area contributed by atoms with Crippen LogP contribution in [0.2, 0.25) is 0 Å². The molecule has 1 aromatic rings. The molecule has 0 aromatic carbocycles. The molecule has 2 rings (SSSR count). The maximum Gasteiger partial charge on any atom is 0.0536 e. The van der Waals surface area contributed by atoms with Crippen LogP contribution < -0.4 is 5.32 Å². The van der Waals surface area contributed by atoms with Gasteiger partial charge in [0.2, 0.25) is 0 Å². The standard InChI is InChI=1S/C13H21N3/c1-11(2)10-13(12-4-3-5-15-12)16-8-6-14-7-9-16/h3-5,13-15H,1,6-10H2,2H3/t13-/m0/s1. The molecule has 0 spiro atoms.